The van der Waals surface area contributed by atoms with Gasteiger partial charge in [0.2, 0.25) is 11.8 Å². The molecule has 0 radical (unpaired) electrons. The number of aromatic hydroxyl groups is 1. The van der Waals surface area contributed by atoms with E-state index in [4.69, 9.17) is 4.74 Å². The molecule has 1 aromatic rings. The van der Waals surface area contributed by atoms with Crippen LogP contribution >= 0.6 is 12.6 Å². The molecule has 0 heterocycles. The summed E-state index contributed by atoms with van der Waals surface area (Å²) in [5, 5.41) is 16.1. The van der Waals surface area contributed by atoms with Crippen LogP contribution in [0.1, 0.15) is 104 Å². The predicted octanol–water partition coefficient (Wildman–Crippen LogP) is 5.67. The van der Waals surface area contributed by atoms with Gasteiger partial charge in [-0.2, -0.15) is 12.6 Å². The summed E-state index contributed by atoms with van der Waals surface area (Å²) in [6.07, 6.45) is 5.91. The molecule has 0 aromatic heterocycles. The SMILES string of the molecule is Cc1cc(C(C(=O)NC2CCCCC2)N(C(=O)C(CS)NC(=O)OC(C)(C)C)C(C)CCC(C)C)ccc1O. The second-order valence-corrected chi connectivity index (χ2v) is 12.6. The van der Waals surface area contributed by atoms with E-state index in [0.717, 1.165) is 38.5 Å². The number of amides is 3. The predicted molar refractivity (Wildman–Crippen MR) is 158 cm³/mol. The Labute approximate surface area is 240 Å². The molecule has 0 aliphatic heterocycles. The molecule has 2 rings (SSSR count). The summed E-state index contributed by atoms with van der Waals surface area (Å²) >= 11 is 4.38. The standard InChI is InChI=1S/C30H49N3O5S/c1-19(2)13-14-21(4)33(28(36)24(18-39)32-29(37)38-30(5,6)7)26(22-15-16-25(34)20(3)17-22)27(35)31-23-11-9-8-10-12-23/h15-17,19,21,23-24,26,34,39H,8-14,18H2,1-7H3,(H,31,35)(H,32,37). The van der Waals surface area contributed by atoms with E-state index in [2.05, 4.69) is 37.1 Å². The first-order valence-corrected chi connectivity index (χ1v) is 14.9. The maximum absolute atomic E-state index is 14.2. The van der Waals surface area contributed by atoms with Crippen LogP contribution in [0.15, 0.2) is 18.2 Å². The first-order chi connectivity index (χ1) is 18.2. The van der Waals surface area contributed by atoms with Gasteiger partial charge in [-0.3, -0.25) is 9.59 Å². The van der Waals surface area contributed by atoms with E-state index < -0.39 is 29.7 Å². The highest BCUT2D eigenvalue weighted by Gasteiger charge is 2.39. The molecule has 1 aliphatic carbocycles. The van der Waals surface area contributed by atoms with Gasteiger partial charge in [-0.05, 0) is 89.5 Å². The summed E-state index contributed by atoms with van der Waals surface area (Å²) in [6.45, 7) is 13.2. The van der Waals surface area contributed by atoms with Gasteiger partial charge in [0.25, 0.3) is 0 Å². The molecule has 3 atom stereocenters. The molecule has 3 amide bonds. The molecule has 1 saturated carbocycles. The molecule has 3 unspecified atom stereocenters. The van der Waals surface area contributed by atoms with E-state index in [0.29, 0.717) is 23.5 Å². The Hall–Kier alpha value is -2.42. The fourth-order valence-electron chi connectivity index (χ4n) is 4.94. The molecular formula is C30H49N3O5S. The van der Waals surface area contributed by atoms with Crippen LogP contribution in [0.25, 0.3) is 0 Å². The van der Waals surface area contributed by atoms with Crippen molar-refractivity contribution >= 4 is 30.5 Å². The number of carbonyl (C=O) groups excluding carboxylic acids is 3. The molecule has 3 N–H and O–H groups in total. The molecule has 1 aliphatic rings. The number of nitrogens with zero attached hydrogens (tertiary/aromatic N) is 1. The lowest BCUT2D eigenvalue weighted by molar-refractivity contribution is -0.145. The van der Waals surface area contributed by atoms with Gasteiger partial charge in [-0.1, -0.05) is 39.2 Å². The largest absolute Gasteiger partial charge is 0.508 e. The summed E-state index contributed by atoms with van der Waals surface area (Å²) in [5.74, 6) is -0.0865. The maximum atomic E-state index is 14.2. The smallest absolute Gasteiger partial charge is 0.408 e. The topological polar surface area (TPSA) is 108 Å². The summed E-state index contributed by atoms with van der Waals surface area (Å²) < 4.78 is 5.40. The van der Waals surface area contributed by atoms with Crippen LogP contribution in [-0.2, 0) is 14.3 Å². The van der Waals surface area contributed by atoms with E-state index in [1.54, 1.807) is 50.8 Å². The lowest BCUT2D eigenvalue weighted by Crippen LogP contribution is -2.57. The Morgan fingerprint density at radius 1 is 1.10 bits per heavy atom. The van der Waals surface area contributed by atoms with Crippen molar-refractivity contribution in [3.8, 4) is 5.75 Å². The van der Waals surface area contributed by atoms with Gasteiger partial charge in [0.15, 0.2) is 0 Å². The number of phenolic OH excluding ortho intramolecular Hbond substituents is 1. The molecule has 9 heteroatoms. The zero-order chi connectivity index (χ0) is 29.3. The molecule has 220 valence electrons. The average Bonchev–Trinajstić information content (AvgIpc) is 2.85. The number of alkyl carbamates (subject to hydrolysis) is 1. The number of hydrogen-bond donors (Lipinski definition) is 4. The van der Waals surface area contributed by atoms with E-state index in [-0.39, 0.29) is 29.5 Å². The van der Waals surface area contributed by atoms with E-state index in [1.807, 2.05) is 6.92 Å². The third-order valence-electron chi connectivity index (χ3n) is 7.08. The van der Waals surface area contributed by atoms with Crippen molar-refractivity contribution in [3.63, 3.8) is 0 Å². The molecule has 1 aromatic carbocycles. The summed E-state index contributed by atoms with van der Waals surface area (Å²) in [6, 6.07) is 2.82. The van der Waals surface area contributed by atoms with Crippen molar-refractivity contribution in [1.29, 1.82) is 0 Å². The normalized spacial score (nSPS) is 16.7. The molecular weight excluding hydrogens is 514 g/mol. The number of benzene rings is 1. The molecule has 0 spiro atoms. The van der Waals surface area contributed by atoms with Gasteiger partial charge in [-0.15, -0.1) is 0 Å². The Morgan fingerprint density at radius 2 is 1.74 bits per heavy atom. The van der Waals surface area contributed by atoms with E-state index in [1.165, 1.54) is 0 Å². The Morgan fingerprint density at radius 3 is 2.28 bits per heavy atom. The number of ether oxygens (including phenoxy) is 1. The number of thiol groups is 1. The van der Waals surface area contributed by atoms with Crippen LogP contribution in [0.4, 0.5) is 4.79 Å². The Balaban J connectivity index is 2.52. The van der Waals surface area contributed by atoms with Gasteiger partial charge in [-0.25, -0.2) is 4.79 Å². The number of phenols is 1. The highest BCUT2D eigenvalue weighted by molar-refractivity contribution is 7.80. The Bertz CT molecular complexity index is 972. The van der Waals surface area contributed by atoms with Gasteiger partial charge in [0.05, 0.1) is 0 Å². The lowest BCUT2D eigenvalue weighted by Gasteiger charge is -2.39. The van der Waals surface area contributed by atoms with Crippen molar-refractivity contribution in [1.82, 2.24) is 15.5 Å². The summed E-state index contributed by atoms with van der Waals surface area (Å²) in [4.78, 5) is 42.4. The number of aryl methyl sites for hydroxylation is 1. The first-order valence-electron chi connectivity index (χ1n) is 14.3. The average molecular weight is 564 g/mol. The van der Waals surface area contributed by atoms with E-state index >= 15 is 0 Å². The van der Waals surface area contributed by atoms with Gasteiger partial charge in [0, 0.05) is 17.8 Å². The van der Waals surface area contributed by atoms with Crippen LogP contribution < -0.4 is 10.6 Å². The minimum absolute atomic E-state index is 0.0387. The van der Waals surface area contributed by atoms with Crippen LogP contribution in [0.3, 0.4) is 0 Å². The molecule has 1 fully saturated rings. The van der Waals surface area contributed by atoms with Crippen LogP contribution in [0.5, 0.6) is 5.75 Å². The number of hydrogen-bond acceptors (Lipinski definition) is 6. The second-order valence-electron chi connectivity index (χ2n) is 12.2. The van der Waals surface area contributed by atoms with Gasteiger partial charge >= 0.3 is 6.09 Å². The lowest BCUT2D eigenvalue weighted by atomic mass is 9.93. The fraction of sp³-hybridized carbons (Fsp3) is 0.700. The van der Waals surface area contributed by atoms with Crippen molar-refractivity contribution in [2.75, 3.05) is 5.75 Å². The third-order valence-corrected chi connectivity index (χ3v) is 7.44. The molecule has 0 bridgehead atoms. The van der Waals surface area contributed by atoms with Crippen LogP contribution in [0, 0.1) is 12.8 Å². The van der Waals surface area contributed by atoms with Crippen molar-refractivity contribution in [2.24, 2.45) is 5.92 Å². The monoisotopic (exact) mass is 563 g/mol. The van der Waals surface area contributed by atoms with Gasteiger partial charge in [0.1, 0.15) is 23.4 Å². The molecule has 8 nitrogen and oxygen atoms in total. The first kappa shape index (κ1) is 32.8. The summed E-state index contributed by atoms with van der Waals surface area (Å²) in [7, 11) is 0. The maximum Gasteiger partial charge on any atom is 0.408 e. The molecule has 0 saturated heterocycles. The minimum atomic E-state index is -0.993. The van der Waals surface area contributed by atoms with Crippen LogP contribution in [-0.4, -0.2) is 57.4 Å². The van der Waals surface area contributed by atoms with Crippen molar-refractivity contribution in [2.45, 2.75) is 123 Å². The van der Waals surface area contributed by atoms with Crippen LogP contribution in [0.2, 0.25) is 0 Å². The van der Waals surface area contributed by atoms with Gasteiger partial charge < -0.3 is 25.4 Å². The highest BCUT2D eigenvalue weighted by Crippen LogP contribution is 2.31. The third kappa shape index (κ3) is 10.2. The Kier molecular flexibility index (Phi) is 12.5. The van der Waals surface area contributed by atoms with Crippen molar-refractivity contribution in [3.05, 3.63) is 29.3 Å². The van der Waals surface area contributed by atoms with E-state index in [9.17, 15) is 19.5 Å². The zero-order valence-corrected chi connectivity index (χ0v) is 25.6. The fourth-order valence-corrected chi connectivity index (χ4v) is 5.19. The number of nitrogens with one attached hydrogen (secondary N) is 2. The number of rotatable bonds is 11. The quantitative estimate of drug-likeness (QED) is 0.260. The highest BCUT2D eigenvalue weighted by atomic mass is 32.1. The minimum Gasteiger partial charge on any atom is -0.508 e. The summed E-state index contributed by atoms with van der Waals surface area (Å²) in [5.41, 5.74) is 0.492. The number of carbonyl (C=O) groups is 3. The zero-order valence-electron chi connectivity index (χ0n) is 24.8. The second kappa shape index (κ2) is 14.8. The molecule has 39 heavy (non-hydrogen) atoms. The van der Waals surface area contributed by atoms with Crippen molar-refractivity contribution < 1.29 is 24.2 Å².